The van der Waals surface area contributed by atoms with E-state index in [0.717, 1.165) is 24.8 Å². The molecule has 0 radical (unpaired) electrons. The third-order valence-corrected chi connectivity index (χ3v) is 6.02. The fourth-order valence-electron chi connectivity index (χ4n) is 4.15. The Kier molecular flexibility index (Phi) is 7.94. The quantitative estimate of drug-likeness (QED) is 0.223. The van der Waals surface area contributed by atoms with Gasteiger partial charge in [-0.1, -0.05) is 44.0 Å². The van der Waals surface area contributed by atoms with Gasteiger partial charge in [0.05, 0.1) is 25.2 Å². The van der Waals surface area contributed by atoms with E-state index in [4.69, 9.17) is 24.7 Å². The average Bonchev–Trinajstić information content (AvgIpc) is 2.90. The lowest BCUT2D eigenvalue weighted by Gasteiger charge is -2.27. The van der Waals surface area contributed by atoms with Gasteiger partial charge in [-0.05, 0) is 42.3 Å². The Balaban J connectivity index is 1.65. The second kappa shape index (κ2) is 11.5. The summed E-state index contributed by atoms with van der Waals surface area (Å²) in [6.45, 7) is 2.71. The van der Waals surface area contributed by atoms with E-state index in [9.17, 15) is 14.4 Å². The summed E-state index contributed by atoms with van der Waals surface area (Å²) in [5.41, 5.74) is 7.56. The maximum Gasteiger partial charge on any atom is 0.346 e. The van der Waals surface area contributed by atoms with E-state index in [0.29, 0.717) is 29.4 Å². The first kappa shape index (κ1) is 25.6. The van der Waals surface area contributed by atoms with Gasteiger partial charge in [-0.15, -0.1) is 0 Å². The summed E-state index contributed by atoms with van der Waals surface area (Å²) >= 11 is 0. The van der Waals surface area contributed by atoms with Crippen LogP contribution in [0.5, 0.6) is 23.0 Å². The summed E-state index contributed by atoms with van der Waals surface area (Å²) in [4.78, 5) is 12.5. The number of carbonyl (C=O) groups is 1. The first-order valence-corrected chi connectivity index (χ1v) is 12.0. The number of carbonyl (C=O) groups excluding carboxylic acids is 1. The number of hydrogen-bond donors (Lipinski definition) is 1. The molecule has 0 bridgehead atoms. The van der Waals surface area contributed by atoms with Crippen molar-refractivity contribution in [3.05, 3.63) is 94.6 Å². The van der Waals surface area contributed by atoms with Crippen LogP contribution in [0.1, 0.15) is 53.6 Å². The molecule has 3 aromatic rings. The number of nitrogens with zero attached hydrogens (tertiary/aromatic N) is 1. The van der Waals surface area contributed by atoms with Crippen LogP contribution in [0.15, 0.2) is 72.1 Å². The molecule has 0 amide bonds. The number of ether oxygens (including phenoxy) is 4. The van der Waals surface area contributed by atoms with Crippen LogP contribution >= 0.6 is 0 Å². The third-order valence-electron chi connectivity index (χ3n) is 6.02. The molecule has 1 aliphatic heterocycles. The summed E-state index contributed by atoms with van der Waals surface area (Å²) in [5, 5.41) is 9.86. The van der Waals surface area contributed by atoms with Crippen molar-refractivity contribution in [2.75, 3.05) is 13.7 Å². The number of nitriles is 1. The molecular weight excluding hydrogens is 475 g/mol. The number of allylic oxidation sites excluding steroid dienone is 1. The Morgan fingerprint density at radius 2 is 1.92 bits per heavy atom. The molecule has 0 fully saturated rings. The molecule has 1 heterocycles. The Morgan fingerprint density at radius 1 is 1.11 bits per heavy atom. The van der Waals surface area contributed by atoms with Gasteiger partial charge >= 0.3 is 5.97 Å². The maximum absolute atomic E-state index is 14.0. The predicted molar refractivity (Wildman–Crippen MR) is 135 cm³/mol. The van der Waals surface area contributed by atoms with Gasteiger partial charge < -0.3 is 24.7 Å². The van der Waals surface area contributed by atoms with Gasteiger partial charge in [0.25, 0.3) is 0 Å². The van der Waals surface area contributed by atoms with Crippen molar-refractivity contribution in [3.8, 4) is 29.1 Å². The summed E-state index contributed by atoms with van der Waals surface area (Å²) in [6, 6.07) is 17.9. The van der Waals surface area contributed by atoms with E-state index in [2.05, 4.69) is 13.0 Å². The van der Waals surface area contributed by atoms with E-state index in [1.807, 2.05) is 18.2 Å². The van der Waals surface area contributed by atoms with E-state index < -0.39 is 17.7 Å². The number of benzene rings is 3. The molecule has 7 nitrogen and oxygen atoms in total. The monoisotopic (exact) mass is 502 g/mol. The van der Waals surface area contributed by atoms with Crippen LogP contribution in [-0.2, 0) is 0 Å². The molecule has 0 saturated heterocycles. The molecule has 3 aromatic carbocycles. The highest BCUT2D eigenvalue weighted by Gasteiger charge is 2.32. The number of halogens is 1. The fraction of sp³-hybridized carbons (Fsp3) is 0.241. The molecule has 0 aromatic heterocycles. The molecule has 8 heteroatoms. The summed E-state index contributed by atoms with van der Waals surface area (Å²) < 4.78 is 36.5. The molecule has 0 aliphatic carbocycles. The number of rotatable bonds is 9. The normalized spacial score (nSPS) is 14.3. The van der Waals surface area contributed by atoms with Crippen LogP contribution in [-0.4, -0.2) is 19.7 Å². The molecule has 37 heavy (non-hydrogen) atoms. The molecule has 0 saturated carbocycles. The first-order valence-electron chi connectivity index (χ1n) is 12.0. The van der Waals surface area contributed by atoms with Gasteiger partial charge in [-0.25, -0.2) is 9.18 Å². The first-order chi connectivity index (χ1) is 18.0. The Labute approximate surface area is 214 Å². The number of methoxy groups -OCH3 is 1. The van der Waals surface area contributed by atoms with E-state index >= 15 is 0 Å². The number of fused-ring (bicyclic) bond motifs is 1. The highest BCUT2D eigenvalue weighted by molar-refractivity contribution is 5.91. The molecule has 0 spiro atoms. The highest BCUT2D eigenvalue weighted by Crippen LogP contribution is 2.45. The van der Waals surface area contributed by atoms with Crippen LogP contribution in [0.3, 0.4) is 0 Å². The number of nitrogens with two attached hydrogens (primary N) is 1. The lowest BCUT2D eigenvalue weighted by Crippen LogP contribution is -2.21. The average molecular weight is 503 g/mol. The molecule has 1 atom stereocenters. The number of unbranched alkanes of at least 4 members (excludes halogenated alkanes) is 2. The SMILES string of the molecule is CCCCCOc1ccc(C2C(C#N)=C(N)Oc3cc(OC(=O)c4ccccc4F)ccc32)cc1OC. The van der Waals surface area contributed by atoms with Gasteiger partial charge in [0.15, 0.2) is 11.5 Å². The van der Waals surface area contributed by atoms with Crippen molar-refractivity contribution in [1.82, 2.24) is 0 Å². The Hall–Kier alpha value is -4.51. The smallest absolute Gasteiger partial charge is 0.346 e. The standard InChI is InChI=1S/C29H27FN2O5/c1-3-4-7-14-35-24-13-10-18(15-26(24)34-2)27-21-12-11-19(16-25(21)37-28(32)22(27)17-31)36-29(33)20-8-5-6-9-23(20)30/h5-6,8-13,15-16,27H,3-4,7,14,32H2,1-2H3. The maximum atomic E-state index is 14.0. The molecule has 2 N–H and O–H groups in total. The zero-order valence-electron chi connectivity index (χ0n) is 20.6. The van der Waals surface area contributed by atoms with Gasteiger partial charge in [-0.3, -0.25) is 0 Å². The second-order valence-electron chi connectivity index (χ2n) is 8.46. The molecular formula is C29H27FN2O5. The zero-order valence-corrected chi connectivity index (χ0v) is 20.6. The Morgan fingerprint density at radius 3 is 2.65 bits per heavy atom. The minimum absolute atomic E-state index is 0.0589. The van der Waals surface area contributed by atoms with Crippen molar-refractivity contribution in [3.63, 3.8) is 0 Å². The molecule has 1 aliphatic rings. The summed E-state index contributed by atoms with van der Waals surface area (Å²) in [6.07, 6.45) is 3.11. The lowest BCUT2D eigenvalue weighted by atomic mass is 9.83. The second-order valence-corrected chi connectivity index (χ2v) is 8.46. The lowest BCUT2D eigenvalue weighted by molar-refractivity contribution is 0.0729. The van der Waals surface area contributed by atoms with Gasteiger partial charge in [0.2, 0.25) is 5.88 Å². The van der Waals surface area contributed by atoms with Crippen LogP contribution in [0.4, 0.5) is 4.39 Å². The third kappa shape index (κ3) is 5.51. The van der Waals surface area contributed by atoms with E-state index in [1.54, 1.807) is 25.3 Å². The number of esters is 1. The highest BCUT2D eigenvalue weighted by atomic mass is 19.1. The Bertz CT molecular complexity index is 1380. The van der Waals surface area contributed by atoms with Crippen LogP contribution < -0.4 is 24.7 Å². The summed E-state index contributed by atoms with van der Waals surface area (Å²) in [5.74, 6) is -0.518. The fourth-order valence-corrected chi connectivity index (χ4v) is 4.15. The van der Waals surface area contributed by atoms with Crippen molar-refractivity contribution in [1.29, 1.82) is 5.26 Å². The van der Waals surface area contributed by atoms with E-state index in [1.165, 1.54) is 24.3 Å². The molecule has 1 unspecified atom stereocenters. The van der Waals surface area contributed by atoms with Crippen LogP contribution in [0.2, 0.25) is 0 Å². The predicted octanol–water partition coefficient (Wildman–Crippen LogP) is 5.84. The van der Waals surface area contributed by atoms with Crippen molar-refractivity contribution < 1.29 is 28.1 Å². The van der Waals surface area contributed by atoms with Crippen LogP contribution in [0, 0.1) is 17.1 Å². The van der Waals surface area contributed by atoms with Gasteiger partial charge in [-0.2, -0.15) is 5.26 Å². The number of hydrogen-bond acceptors (Lipinski definition) is 7. The summed E-state index contributed by atoms with van der Waals surface area (Å²) in [7, 11) is 1.56. The van der Waals surface area contributed by atoms with Gasteiger partial charge in [0.1, 0.15) is 29.0 Å². The zero-order chi connectivity index (χ0) is 26.4. The van der Waals surface area contributed by atoms with Crippen molar-refractivity contribution >= 4 is 5.97 Å². The van der Waals surface area contributed by atoms with E-state index in [-0.39, 0.29) is 22.8 Å². The van der Waals surface area contributed by atoms with Crippen molar-refractivity contribution in [2.45, 2.75) is 32.1 Å². The topological polar surface area (TPSA) is 104 Å². The minimum atomic E-state index is -0.842. The molecule has 190 valence electrons. The van der Waals surface area contributed by atoms with Crippen molar-refractivity contribution in [2.24, 2.45) is 5.73 Å². The molecule has 4 rings (SSSR count). The van der Waals surface area contributed by atoms with Crippen LogP contribution in [0.25, 0.3) is 0 Å². The minimum Gasteiger partial charge on any atom is -0.493 e. The van der Waals surface area contributed by atoms with Gasteiger partial charge in [0, 0.05) is 11.6 Å². The largest absolute Gasteiger partial charge is 0.493 e.